The first-order valence-corrected chi connectivity index (χ1v) is 14.2. The van der Waals surface area contributed by atoms with Crippen molar-refractivity contribution in [2.75, 3.05) is 24.2 Å². The third kappa shape index (κ3) is 6.27. The molecular formula is C25H33F2N7O7P+. The Bertz CT molecular complexity index is 1430. The number of aliphatic hydroxyl groups excluding tert-OH is 1. The monoisotopic (exact) mass is 612 g/mol. The standard InChI is InChI=1S/C25H33F2N7O7P/c1-6-29-18-17-19(32-23(28)31-18)33(13-30-17)22-24(5,26)21(36)25(27,40-22)12-38-42(37)34(15(4)20(35)39-14(2)3)41-16-10-8-7-9-11-16/h7-11,13-15,21-22,36H,6,12H2,1-5H3,(H3,28,29,31,32)/q+1/t15-,21-,22+,24+,25+/m0/s1. The van der Waals surface area contributed by atoms with Gasteiger partial charge in [-0.25, -0.2) is 13.8 Å². The van der Waals surface area contributed by atoms with Crippen LogP contribution in [0.4, 0.5) is 20.5 Å². The molecule has 14 nitrogen and oxygen atoms in total. The Morgan fingerprint density at radius 2 is 1.98 bits per heavy atom. The fraction of sp³-hybridized carbons (Fsp3) is 0.520. The van der Waals surface area contributed by atoms with E-state index in [2.05, 4.69) is 20.3 Å². The maximum absolute atomic E-state index is 16.1. The number of nitrogens with two attached hydrogens (primary N) is 1. The molecular weight excluding hydrogens is 579 g/mol. The second kappa shape index (κ2) is 12.4. The SMILES string of the molecule is CCNc1nc(N)nc2c1ncn2[C@@H]1O[C@](F)(CO[P+](=O)N(Oc2ccccc2)[C@@H](C)C(=O)OC(C)C)[C@@H](O)[C@@]1(C)F. The molecule has 1 unspecified atom stereocenters. The number of carbonyl (C=O) groups excluding carboxylic acids is 1. The molecule has 0 radical (unpaired) electrons. The molecule has 0 aliphatic carbocycles. The number of hydroxylamine groups is 1. The van der Waals surface area contributed by atoms with Crippen LogP contribution in [0.1, 0.15) is 40.8 Å². The number of nitrogens with one attached hydrogen (secondary N) is 1. The van der Waals surface area contributed by atoms with Crippen LogP contribution in [-0.2, 0) is 23.4 Å². The molecule has 0 amide bonds. The number of carbonyl (C=O) groups is 1. The minimum atomic E-state index is -3.20. The van der Waals surface area contributed by atoms with Crippen LogP contribution in [0.15, 0.2) is 36.7 Å². The van der Waals surface area contributed by atoms with E-state index in [1.54, 1.807) is 32.0 Å². The number of nitrogen functional groups attached to an aromatic ring is 1. The number of esters is 1. The maximum Gasteiger partial charge on any atom is 0.653 e. The van der Waals surface area contributed by atoms with Gasteiger partial charge in [-0.1, -0.05) is 18.2 Å². The minimum Gasteiger partial charge on any atom is -0.462 e. The first-order chi connectivity index (χ1) is 19.8. The van der Waals surface area contributed by atoms with Gasteiger partial charge in [-0.2, -0.15) is 9.97 Å². The third-order valence-electron chi connectivity index (χ3n) is 6.27. The highest BCUT2D eigenvalue weighted by atomic mass is 31.1. The predicted molar refractivity (Wildman–Crippen MR) is 147 cm³/mol. The molecule has 3 heterocycles. The number of hydrogen-bond acceptors (Lipinski definition) is 12. The Morgan fingerprint density at radius 1 is 1.29 bits per heavy atom. The molecule has 1 saturated heterocycles. The summed E-state index contributed by atoms with van der Waals surface area (Å²) in [6.07, 6.45) is -3.53. The fourth-order valence-electron chi connectivity index (χ4n) is 4.22. The number of aromatic nitrogens is 4. The number of halogens is 2. The average Bonchev–Trinajstić information content (AvgIpc) is 3.43. The van der Waals surface area contributed by atoms with Crippen molar-refractivity contribution in [3.63, 3.8) is 0 Å². The number of rotatable bonds is 12. The summed E-state index contributed by atoms with van der Waals surface area (Å²) in [6.45, 7) is 6.63. The number of fused-ring (bicyclic) bond motifs is 1. The van der Waals surface area contributed by atoms with Crippen LogP contribution >= 0.6 is 8.18 Å². The van der Waals surface area contributed by atoms with Crippen molar-refractivity contribution in [2.24, 2.45) is 0 Å². The van der Waals surface area contributed by atoms with E-state index >= 15 is 8.78 Å². The quantitative estimate of drug-likeness (QED) is 0.154. The summed E-state index contributed by atoms with van der Waals surface area (Å²) in [5.41, 5.74) is 3.30. The Labute approximate surface area is 241 Å². The molecule has 1 aliphatic heterocycles. The van der Waals surface area contributed by atoms with Gasteiger partial charge in [0.15, 0.2) is 53.4 Å². The third-order valence-corrected chi connectivity index (χ3v) is 7.37. The zero-order valence-electron chi connectivity index (χ0n) is 23.6. The Hall–Kier alpha value is -3.56. The molecule has 17 heteroatoms. The van der Waals surface area contributed by atoms with Crippen LogP contribution < -0.4 is 15.9 Å². The molecule has 228 valence electrons. The highest BCUT2D eigenvalue weighted by Gasteiger charge is 2.66. The van der Waals surface area contributed by atoms with Gasteiger partial charge in [0.1, 0.15) is 4.83 Å². The van der Waals surface area contributed by atoms with Gasteiger partial charge in [0.05, 0.1) is 12.4 Å². The molecule has 4 rings (SSSR count). The molecule has 6 atom stereocenters. The lowest BCUT2D eigenvalue weighted by Crippen LogP contribution is -2.47. The van der Waals surface area contributed by atoms with Crippen LogP contribution in [0.5, 0.6) is 5.75 Å². The highest BCUT2D eigenvalue weighted by Crippen LogP contribution is 2.49. The fourth-order valence-corrected chi connectivity index (χ4v) is 5.16. The lowest BCUT2D eigenvalue weighted by atomic mass is 9.97. The van der Waals surface area contributed by atoms with Crippen molar-refractivity contribution in [1.29, 1.82) is 0 Å². The average molecular weight is 613 g/mol. The van der Waals surface area contributed by atoms with Crippen molar-refractivity contribution in [3.8, 4) is 5.75 Å². The molecule has 4 N–H and O–H groups in total. The molecule has 1 fully saturated rings. The second-order valence-corrected chi connectivity index (χ2v) is 11.1. The molecule has 0 saturated carbocycles. The summed E-state index contributed by atoms with van der Waals surface area (Å²) >= 11 is 0. The van der Waals surface area contributed by atoms with Gasteiger partial charge >= 0.3 is 14.1 Å². The van der Waals surface area contributed by atoms with Gasteiger partial charge in [0.2, 0.25) is 5.95 Å². The second-order valence-electron chi connectivity index (χ2n) is 9.97. The Balaban J connectivity index is 1.57. The molecule has 1 aliphatic rings. The van der Waals surface area contributed by atoms with E-state index in [4.69, 9.17) is 24.6 Å². The summed E-state index contributed by atoms with van der Waals surface area (Å²) < 4.78 is 62.1. The van der Waals surface area contributed by atoms with E-state index in [1.807, 2.05) is 6.92 Å². The Kier molecular flexibility index (Phi) is 9.23. The van der Waals surface area contributed by atoms with Crippen molar-refractivity contribution >= 4 is 37.1 Å². The van der Waals surface area contributed by atoms with Crippen LogP contribution in [0, 0.1) is 0 Å². The molecule has 42 heavy (non-hydrogen) atoms. The zero-order valence-corrected chi connectivity index (χ0v) is 24.5. The summed E-state index contributed by atoms with van der Waals surface area (Å²) in [5, 5.41) is 13.7. The van der Waals surface area contributed by atoms with Gasteiger partial charge in [-0.05, 0) is 51.3 Å². The lowest BCUT2D eigenvalue weighted by Gasteiger charge is -2.24. The molecule has 3 aromatic rings. The van der Waals surface area contributed by atoms with Gasteiger partial charge in [0.25, 0.3) is 5.85 Å². The van der Waals surface area contributed by atoms with E-state index in [-0.39, 0.29) is 28.7 Å². The van der Waals surface area contributed by atoms with Gasteiger partial charge < -0.3 is 30.5 Å². The van der Waals surface area contributed by atoms with Gasteiger partial charge in [-0.15, -0.1) is 4.52 Å². The lowest BCUT2D eigenvalue weighted by molar-refractivity contribution is -0.203. The Morgan fingerprint density at radius 3 is 2.62 bits per heavy atom. The zero-order chi connectivity index (χ0) is 30.8. The number of aliphatic hydroxyl groups is 1. The topological polar surface area (TPSA) is 176 Å². The summed E-state index contributed by atoms with van der Waals surface area (Å²) in [6, 6.07) is 6.78. The number of ether oxygens (including phenoxy) is 2. The smallest absolute Gasteiger partial charge is 0.462 e. The van der Waals surface area contributed by atoms with Gasteiger partial charge in [-0.3, -0.25) is 9.36 Å². The number of benzene rings is 1. The minimum absolute atomic E-state index is 0.0238. The predicted octanol–water partition coefficient (Wildman–Crippen LogP) is 3.43. The van der Waals surface area contributed by atoms with E-state index in [0.29, 0.717) is 11.4 Å². The number of para-hydroxylation sites is 1. The number of alkyl halides is 2. The highest BCUT2D eigenvalue weighted by molar-refractivity contribution is 7.36. The van der Waals surface area contributed by atoms with Crippen LogP contribution in [0.3, 0.4) is 0 Å². The van der Waals surface area contributed by atoms with Gasteiger partial charge in [0, 0.05) is 6.54 Å². The van der Waals surface area contributed by atoms with Crippen LogP contribution in [0.2, 0.25) is 0 Å². The molecule has 0 spiro atoms. The van der Waals surface area contributed by atoms with Crippen molar-refractivity contribution in [3.05, 3.63) is 36.7 Å². The summed E-state index contributed by atoms with van der Waals surface area (Å²) in [7, 11) is -3.12. The number of hydrogen-bond donors (Lipinski definition) is 3. The first-order valence-electron chi connectivity index (χ1n) is 13.1. The largest absolute Gasteiger partial charge is 0.653 e. The van der Waals surface area contributed by atoms with E-state index in [0.717, 1.165) is 17.8 Å². The number of anilines is 2. The van der Waals surface area contributed by atoms with Crippen molar-refractivity contribution < 1.29 is 42.1 Å². The maximum atomic E-state index is 16.1. The van der Waals surface area contributed by atoms with E-state index in [9.17, 15) is 14.5 Å². The van der Waals surface area contributed by atoms with Crippen LogP contribution in [-0.4, -0.2) is 78.4 Å². The normalized spacial score (nSPS) is 25.1. The van der Waals surface area contributed by atoms with Crippen molar-refractivity contribution in [1.82, 2.24) is 24.4 Å². The van der Waals surface area contributed by atoms with E-state index < -0.39 is 56.8 Å². The van der Waals surface area contributed by atoms with Crippen LogP contribution in [0.25, 0.3) is 11.2 Å². The molecule has 0 bridgehead atoms. The summed E-state index contributed by atoms with van der Waals surface area (Å²) in [4.78, 5) is 31.2. The summed E-state index contributed by atoms with van der Waals surface area (Å²) in [5.74, 6) is -3.68. The van der Waals surface area contributed by atoms with Crippen molar-refractivity contribution in [2.45, 2.75) is 70.6 Å². The molecule has 1 aromatic carbocycles. The molecule has 2 aromatic heterocycles. The first kappa shape index (κ1) is 31.4. The number of nitrogens with zero attached hydrogens (tertiary/aromatic N) is 5. The van der Waals surface area contributed by atoms with E-state index in [1.165, 1.54) is 19.1 Å². The number of imidazole rings is 1.